The first-order valence-electron chi connectivity index (χ1n) is 6.78. The van der Waals surface area contributed by atoms with Gasteiger partial charge in [-0.15, -0.1) is 0 Å². The first-order chi connectivity index (χ1) is 9.01. The molecule has 106 valence electrons. The minimum Gasteiger partial charge on any atom is -0.508 e. The van der Waals surface area contributed by atoms with Crippen LogP contribution in [-0.4, -0.2) is 23.6 Å². The van der Waals surface area contributed by atoms with Crippen molar-refractivity contribution in [2.75, 3.05) is 6.54 Å². The summed E-state index contributed by atoms with van der Waals surface area (Å²) < 4.78 is 0. The molecule has 0 heterocycles. The van der Waals surface area contributed by atoms with Crippen molar-refractivity contribution >= 4 is 5.91 Å². The number of rotatable bonds is 7. The van der Waals surface area contributed by atoms with Crippen molar-refractivity contribution in [3.05, 3.63) is 29.8 Å². The molecule has 0 aromatic heterocycles. The Hall–Kier alpha value is -1.55. The van der Waals surface area contributed by atoms with E-state index in [4.69, 9.17) is 5.73 Å². The van der Waals surface area contributed by atoms with Gasteiger partial charge in [-0.05, 0) is 49.9 Å². The fraction of sp³-hybridized carbons (Fsp3) is 0.533. The number of phenolic OH excluding ortho intramolecular Hbond substituents is 1. The molecule has 19 heavy (non-hydrogen) atoms. The molecule has 4 nitrogen and oxygen atoms in total. The van der Waals surface area contributed by atoms with Crippen LogP contribution < -0.4 is 11.1 Å². The lowest BCUT2D eigenvalue weighted by Gasteiger charge is -2.15. The predicted octanol–water partition coefficient (Wildman–Crippen LogP) is 1.81. The van der Waals surface area contributed by atoms with E-state index in [1.54, 1.807) is 12.1 Å². The molecule has 0 fully saturated rings. The zero-order chi connectivity index (χ0) is 14.3. The molecule has 1 amide bonds. The van der Waals surface area contributed by atoms with E-state index in [-0.39, 0.29) is 23.6 Å². The fourth-order valence-corrected chi connectivity index (χ4v) is 1.85. The molecule has 2 atom stereocenters. The van der Waals surface area contributed by atoms with Gasteiger partial charge in [-0.2, -0.15) is 0 Å². The summed E-state index contributed by atoms with van der Waals surface area (Å²) in [4.78, 5) is 11.7. The highest BCUT2D eigenvalue weighted by atomic mass is 16.3. The number of nitrogens with one attached hydrogen (secondary N) is 1. The summed E-state index contributed by atoms with van der Waals surface area (Å²) in [7, 11) is 0. The fourth-order valence-electron chi connectivity index (χ4n) is 1.85. The Morgan fingerprint density at radius 1 is 1.32 bits per heavy atom. The Balaban J connectivity index is 2.29. The molecule has 0 radical (unpaired) electrons. The second-order valence-corrected chi connectivity index (χ2v) is 5.22. The minimum absolute atomic E-state index is 0.0659. The van der Waals surface area contributed by atoms with Crippen LogP contribution in [0.15, 0.2) is 24.3 Å². The monoisotopic (exact) mass is 264 g/mol. The summed E-state index contributed by atoms with van der Waals surface area (Å²) in [5.74, 6) is 0.571. The van der Waals surface area contributed by atoms with Crippen LogP contribution in [0.25, 0.3) is 0 Å². The van der Waals surface area contributed by atoms with E-state index in [0.717, 1.165) is 18.4 Å². The van der Waals surface area contributed by atoms with Crippen LogP contribution in [0.4, 0.5) is 0 Å². The summed E-state index contributed by atoms with van der Waals surface area (Å²) in [5, 5.41) is 12.2. The molecule has 1 aromatic carbocycles. The highest BCUT2D eigenvalue weighted by Gasteiger charge is 2.10. The minimum atomic E-state index is 0.0659. The molecular formula is C15H24N2O2. The van der Waals surface area contributed by atoms with Crippen molar-refractivity contribution in [3.63, 3.8) is 0 Å². The molecule has 0 saturated heterocycles. The van der Waals surface area contributed by atoms with Gasteiger partial charge >= 0.3 is 0 Å². The molecule has 0 aliphatic rings. The number of aromatic hydroxyl groups is 1. The Morgan fingerprint density at radius 3 is 2.53 bits per heavy atom. The number of benzene rings is 1. The van der Waals surface area contributed by atoms with Gasteiger partial charge in [0.25, 0.3) is 0 Å². The van der Waals surface area contributed by atoms with Crippen LogP contribution in [-0.2, 0) is 11.2 Å². The van der Waals surface area contributed by atoms with Crippen molar-refractivity contribution in [2.45, 2.75) is 39.2 Å². The van der Waals surface area contributed by atoms with E-state index in [2.05, 4.69) is 5.32 Å². The molecule has 0 aliphatic heterocycles. The van der Waals surface area contributed by atoms with Crippen molar-refractivity contribution in [1.82, 2.24) is 5.32 Å². The predicted molar refractivity (Wildman–Crippen MR) is 76.9 cm³/mol. The van der Waals surface area contributed by atoms with E-state index in [9.17, 15) is 9.90 Å². The summed E-state index contributed by atoms with van der Waals surface area (Å²) >= 11 is 0. The maximum absolute atomic E-state index is 11.7. The van der Waals surface area contributed by atoms with E-state index in [1.165, 1.54) is 0 Å². The first-order valence-corrected chi connectivity index (χ1v) is 6.78. The molecule has 4 heteroatoms. The second-order valence-electron chi connectivity index (χ2n) is 5.22. The number of nitrogens with two attached hydrogens (primary N) is 1. The van der Waals surface area contributed by atoms with E-state index < -0.39 is 0 Å². The summed E-state index contributed by atoms with van der Waals surface area (Å²) in [6.45, 7) is 4.52. The number of carbonyl (C=O) groups excluding carboxylic acids is 1. The van der Waals surface area contributed by atoms with Gasteiger partial charge in [0.2, 0.25) is 5.91 Å². The Bertz CT molecular complexity index is 390. The van der Waals surface area contributed by atoms with Gasteiger partial charge in [-0.3, -0.25) is 4.79 Å². The molecule has 0 spiro atoms. The van der Waals surface area contributed by atoms with Gasteiger partial charge in [0.05, 0.1) is 0 Å². The third kappa shape index (κ3) is 6.25. The maximum Gasteiger partial charge on any atom is 0.220 e. The topological polar surface area (TPSA) is 75.4 Å². The quantitative estimate of drug-likeness (QED) is 0.703. The highest BCUT2D eigenvalue weighted by molar-refractivity contribution is 5.76. The largest absolute Gasteiger partial charge is 0.508 e. The van der Waals surface area contributed by atoms with Crippen LogP contribution in [0.1, 0.15) is 32.3 Å². The van der Waals surface area contributed by atoms with Gasteiger partial charge in [0, 0.05) is 12.5 Å². The van der Waals surface area contributed by atoms with Crippen molar-refractivity contribution < 1.29 is 9.90 Å². The van der Waals surface area contributed by atoms with Crippen LogP contribution in [0.2, 0.25) is 0 Å². The van der Waals surface area contributed by atoms with E-state index in [1.807, 2.05) is 26.0 Å². The third-order valence-corrected chi connectivity index (χ3v) is 3.15. The third-order valence-electron chi connectivity index (χ3n) is 3.15. The van der Waals surface area contributed by atoms with Crippen molar-refractivity contribution in [1.29, 1.82) is 0 Å². The van der Waals surface area contributed by atoms with E-state index >= 15 is 0 Å². The van der Waals surface area contributed by atoms with Gasteiger partial charge in [-0.1, -0.05) is 19.1 Å². The Labute approximate surface area is 115 Å². The summed E-state index contributed by atoms with van der Waals surface area (Å²) in [6, 6.07) is 7.32. The number of hydrogen-bond donors (Lipinski definition) is 3. The number of hydrogen-bond acceptors (Lipinski definition) is 3. The molecule has 1 rings (SSSR count). The molecule has 0 aliphatic carbocycles. The van der Waals surface area contributed by atoms with Crippen molar-refractivity contribution in [2.24, 2.45) is 11.7 Å². The SMILES string of the molecule is CC(CN)CC(=O)NC(C)CCc1ccc(O)cc1. The van der Waals surface area contributed by atoms with Gasteiger partial charge < -0.3 is 16.2 Å². The van der Waals surface area contributed by atoms with Crippen LogP contribution in [0.3, 0.4) is 0 Å². The van der Waals surface area contributed by atoms with Crippen molar-refractivity contribution in [3.8, 4) is 5.75 Å². The number of aryl methyl sites for hydroxylation is 1. The zero-order valence-electron chi connectivity index (χ0n) is 11.7. The van der Waals surface area contributed by atoms with Gasteiger partial charge in [-0.25, -0.2) is 0 Å². The molecule has 4 N–H and O–H groups in total. The number of phenols is 1. The average molecular weight is 264 g/mol. The number of amides is 1. The smallest absolute Gasteiger partial charge is 0.220 e. The Morgan fingerprint density at radius 2 is 1.95 bits per heavy atom. The lowest BCUT2D eigenvalue weighted by molar-refractivity contribution is -0.122. The maximum atomic E-state index is 11.7. The lowest BCUT2D eigenvalue weighted by Crippen LogP contribution is -2.34. The summed E-state index contributed by atoms with van der Waals surface area (Å²) in [5.41, 5.74) is 6.66. The van der Waals surface area contributed by atoms with Crippen LogP contribution in [0.5, 0.6) is 5.75 Å². The average Bonchev–Trinajstić information content (AvgIpc) is 2.37. The molecule has 0 bridgehead atoms. The normalized spacial score (nSPS) is 13.8. The standard InChI is InChI=1S/C15H24N2O2/c1-11(10-16)9-15(19)17-12(2)3-4-13-5-7-14(18)8-6-13/h5-8,11-12,18H,3-4,9-10,16H2,1-2H3,(H,17,19). The number of carbonyl (C=O) groups is 1. The highest BCUT2D eigenvalue weighted by Crippen LogP contribution is 2.12. The lowest BCUT2D eigenvalue weighted by atomic mass is 10.0. The Kier molecular flexibility index (Phi) is 6.36. The van der Waals surface area contributed by atoms with Gasteiger partial charge in [0.15, 0.2) is 0 Å². The van der Waals surface area contributed by atoms with Gasteiger partial charge in [0.1, 0.15) is 5.75 Å². The first kappa shape index (κ1) is 15.5. The molecule has 1 aromatic rings. The molecule has 2 unspecified atom stereocenters. The van der Waals surface area contributed by atoms with Crippen LogP contribution in [0, 0.1) is 5.92 Å². The zero-order valence-corrected chi connectivity index (χ0v) is 11.7. The summed E-state index contributed by atoms with van der Waals surface area (Å²) in [6.07, 6.45) is 2.25. The molecular weight excluding hydrogens is 240 g/mol. The second kappa shape index (κ2) is 7.79. The van der Waals surface area contributed by atoms with E-state index in [0.29, 0.717) is 13.0 Å². The van der Waals surface area contributed by atoms with Crippen LogP contribution >= 0.6 is 0 Å². The molecule has 0 saturated carbocycles.